The zero-order valence-electron chi connectivity index (χ0n) is 16.6. The van der Waals surface area contributed by atoms with Gasteiger partial charge < -0.3 is 19.7 Å². The van der Waals surface area contributed by atoms with E-state index in [-0.39, 0.29) is 42.7 Å². The third-order valence-electron chi connectivity index (χ3n) is 4.87. The van der Waals surface area contributed by atoms with E-state index >= 15 is 0 Å². The Bertz CT molecular complexity index is 994. The minimum Gasteiger partial charge on any atom is -0.506 e. The summed E-state index contributed by atoms with van der Waals surface area (Å²) in [5.41, 5.74) is 1.08. The molecule has 0 saturated carbocycles. The third kappa shape index (κ3) is 4.37. The van der Waals surface area contributed by atoms with E-state index in [9.17, 15) is 19.8 Å². The van der Waals surface area contributed by atoms with Crippen molar-refractivity contribution in [1.29, 1.82) is 0 Å². The molecule has 31 heavy (non-hydrogen) atoms. The zero-order chi connectivity index (χ0) is 23.8. The number of hydrogen-bond donors (Lipinski definition) is 2. The maximum absolute atomic E-state index is 12.2. The van der Waals surface area contributed by atoms with Crippen molar-refractivity contribution in [2.75, 3.05) is 14.2 Å². The molecule has 2 aromatic carbocycles. The Morgan fingerprint density at radius 1 is 0.903 bits per heavy atom. The smallest absolute Gasteiger partial charge is 0.341 e. The second kappa shape index (κ2) is 9.75. The van der Waals surface area contributed by atoms with Gasteiger partial charge in [0, 0.05) is 0 Å². The second-order valence-corrected chi connectivity index (χ2v) is 9.79. The highest BCUT2D eigenvalue weighted by Crippen LogP contribution is 2.51. The molecule has 2 rings (SSSR count). The van der Waals surface area contributed by atoms with Gasteiger partial charge in [-0.2, -0.15) is 0 Å². The van der Waals surface area contributed by atoms with Gasteiger partial charge in [-0.15, -0.1) is 34.8 Å². The molecule has 0 aromatic heterocycles. The summed E-state index contributed by atoms with van der Waals surface area (Å²) in [6, 6.07) is 2.65. The molecule has 0 bridgehead atoms. The molecule has 0 unspecified atom stereocenters. The van der Waals surface area contributed by atoms with Crippen molar-refractivity contribution in [3.63, 3.8) is 0 Å². The number of carbonyl (C=O) groups is 2. The fourth-order valence-electron chi connectivity index (χ4n) is 3.14. The molecule has 0 aliphatic heterocycles. The van der Waals surface area contributed by atoms with Gasteiger partial charge in [-0.25, -0.2) is 9.59 Å². The van der Waals surface area contributed by atoms with Crippen molar-refractivity contribution in [3.8, 4) is 11.5 Å². The van der Waals surface area contributed by atoms with E-state index in [1.807, 2.05) is 0 Å². The van der Waals surface area contributed by atoms with Gasteiger partial charge in [0.25, 0.3) is 0 Å². The summed E-state index contributed by atoms with van der Waals surface area (Å²) in [7, 11) is 2.33. The first-order valence-electron chi connectivity index (χ1n) is 8.53. The van der Waals surface area contributed by atoms with Crippen molar-refractivity contribution >= 4 is 78.6 Å². The Morgan fingerprint density at radius 3 is 1.48 bits per heavy atom. The highest BCUT2D eigenvalue weighted by Gasteiger charge is 2.44. The van der Waals surface area contributed by atoms with Gasteiger partial charge in [0.15, 0.2) is 0 Å². The molecule has 0 radical (unpaired) electrons. The van der Waals surface area contributed by atoms with Crippen LogP contribution in [0.2, 0.25) is 0 Å². The van der Waals surface area contributed by atoms with Crippen LogP contribution < -0.4 is 0 Å². The quantitative estimate of drug-likeness (QED) is 0.311. The molecule has 168 valence electrons. The Balaban J connectivity index is 3.01. The fraction of sp³-hybridized carbons (Fsp3) is 0.300. The molecule has 0 heterocycles. The van der Waals surface area contributed by atoms with E-state index in [1.54, 1.807) is 13.8 Å². The lowest BCUT2D eigenvalue weighted by Crippen LogP contribution is -2.31. The lowest BCUT2D eigenvalue weighted by molar-refractivity contribution is 0.0588. The summed E-state index contributed by atoms with van der Waals surface area (Å²) in [6.07, 6.45) is 0. The topological polar surface area (TPSA) is 93.1 Å². The number of rotatable bonds is 5. The zero-order valence-corrected chi connectivity index (χ0v) is 22.1. The maximum atomic E-state index is 12.2. The number of phenols is 2. The molecule has 0 saturated heterocycles. The normalized spacial score (nSPS) is 11.5. The second-order valence-electron chi connectivity index (χ2n) is 6.51. The van der Waals surface area contributed by atoms with Crippen LogP contribution in [0.1, 0.15) is 43.0 Å². The number of hydrogen-bond acceptors (Lipinski definition) is 6. The number of ether oxygens (including phenoxy) is 2. The molecule has 0 spiro atoms. The fourth-order valence-corrected chi connectivity index (χ4v) is 4.85. The van der Waals surface area contributed by atoms with E-state index in [4.69, 9.17) is 44.3 Å². The lowest BCUT2D eigenvalue weighted by atomic mass is 9.84. The number of alkyl halides is 3. The minimum atomic E-state index is -1.71. The van der Waals surface area contributed by atoms with Gasteiger partial charge in [0.05, 0.1) is 23.2 Å². The van der Waals surface area contributed by atoms with Gasteiger partial charge >= 0.3 is 11.9 Å². The molecular formula is C20H17Br2Cl3O6. The van der Waals surface area contributed by atoms with E-state index in [0.29, 0.717) is 11.1 Å². The lowest BCUT2D eigenvalue weighted by Gasteiger charge is -2.34. The van der Waals surface area contributed by atoms with Gasteiger partial charge in [-0.05, 0) is 80.1 Å². The summed E-state index contributed by atoms with van der Waals surface area (Å²) in [5, 5.41) is 20.8. The molecule has 2 aromatic rings. The summed E-state index contributed by atoms with van der Waals surface area (Å²) in [5.74, 6) is -2.30. The molecule has 0 fully saturated rings. The molecule has 0 aliphatic carbocycles. The van der Waals surface area contributed by atoms with Crippen LogP contribution in [0.15, 0.2) is 21.1 Å². The third-order valence-corrected chi connectivity index (χ3v) is 8.31. The Hall–Kier alpha value is -1.19. The monoisotopic (exact) mass is 616 g/mol. The number of esters is 2. The average Bonchev–Trinajstić information content (AvgIpc) is 2.74. The van der Waals surface area contributed by atoms with Crippen molar-refractivity contribution in [2.24, 2.45) is 0 Å². The number of carbonyl (C=O) groups excluding carboxylic acids is 2. The van der Waals surface area contributed by atoms with E-state index in [2.05, 4.69) is 31.9 Å². The number of phenolic OH excluding ortho intramolecular Hbond substituents is 2. The predicted octanol–water partition coefficient (Wildman–Crippen LogP) is 6.10. The van der Waals surface area contributed by atoms with E-state index < -0.39 is 21.6 Å². The van der Waals surface area contributed by atoms with E-state index in [1.165, 1.54) is 26.4 Å². The van der Waals surface area contributed by atoms with Gasteiger partial charge in [0.2, 0.25) is 0 Å². The predicted molar refractivity (Wildman–Crippen MR) is 126 cm³/mol. The first kappa shape index (κ1) is 26.1. The van der Waals surface area contributed by atoms with Gasteiger partial charge in [-0.1, -0.05) is 0 Å². The number of aromatic hydroxyl groups is 2. The van der Waals surface area contributed by atoms with Crippen LogP contribution >= 0.6 is 66.7 Å². The number of halogens is 5. The minimum absolute atomic E-state index is 0.169. The standard InChI is InChI=1S/C20H17Br2Cl3O6/c1-7-11(5-9(17(28)30-3)15(26)13(7)21)20(25,19(23)24)12-6-10(18(29)31-4)16(27)14(22)8(12)2/h5-6,19,26-27H,1-4H3. The molecule has 2 N–H and O–H groups in total. The van der Waals surface area contributed by atoms with Crippen LogP contribution in [0.3, 0.4) is 0 Å². The largest absolute Gasteiger partial charge is 0.506 e. The average molecular weight is 620 g/mol. The maximum Gasteiger partial charge on any atom is 0.341 e. The summed E-state index contributed by atoms with van der Waals surface area (Å²) >= 11 is 26.3. The molecule has 0 amide bonds. The van der Waals surface area contributed by atoms with Crippen LogP contribution in [-0.2, 0) is 14.3 Å². The Labute approximate surface area is 210 Å². The molecule has 0 atom stereocenters. The summed E-state index contributed by atoms with van der Waals surface area (Å²) in [4.78, 5) is 21.4. The highest BCUT2D eigenvalue weighted by molar-refractivity contribution is 9.11. The molecule has 6 nitrogen and oxygen atoms in total. The first-order chi connectivity index (χ1) is 14.3. The van der Waals surface area contributed by atoms with Crippen molar-refractivity contribution in [1.82, 2.24) is 0 Å². The van der Waals surface area contributed by atoms with Gasteiger partial charge in [-0.3, -0.25) is 0 Å². The molecule has 11 heteroatoms. The van der Waals surface area contributed by atoms with Crippen molar-refractivity contribution < 1.29 is 29.3 Å². The number of methoxy groups -OCH3 is 2. The number of benzene rings is 2. The SMILES string of the molecule is COC(=O)c1cc(C(Cl)(c2cc(C(=O)OC)c(O)c(Br)c2C)C(Cl)Cl)c(C)c(Br)c1O. The van der Waals surface area contributed by atoms with Crippen LogP contribution in [0.4, 0.5) is 0 Å². The van der Waals surface area contributed by atoms with Crippen LogP contribution in [-0.4, -0.2) is 41.2 Å². The Kier molecular flexibility index (Phi) is 8.20. The first-order valence-corrected chi connectivity index (χ1v) is 11.4. The Morgan fingerprint density at radius 2 is 1.23 bits per heavy atom. The highest BCUT2D eigenvalue weighted by atomic mass is 79.9. The van der Waals surface area contributed by atoms with Crippen LogP contribution in [0.5, 0.6) is 11.5 Å². The van der Waals surface area contributed by atoms with Gasteiger partial charge in [0.1, 0.15) is 32.3 Å². The van der Waals surface area contributed by atoms with E-state index in [0.717, 1.165) is 0 Å². The summed E-state index contributed by atoms with van der Waals surface area (Å²) < 4.78 is 9.85. The van der Waals surface area contributed by atoms with Crippen molar-refractivity contribution in [3.05, 3.63) is 54.5 Å². The summed E-state index contributed by atoms with van der Waals surface area (Å²) in [6.45, 7) is 3.28. The molecular weight excluding hydrogens is 602 g/mol. The van der Waals surface area contributed by atoms with Crippen molar-refractivity contribution in [2.45, 2.75) is 23.6 Å². The molecule has 0 aliphatic rings. The van der Waals surface area contributed by atoms with Crippen LogP contribution in [0.25, 0.3) is 0 Å². The van der Waals surface area contributed by atoms with Crippen LogP contribution in [0, 0.1) is 13.8 Å².